The fourth-order valence-electron chi connectivity index (χ4n) is 2.02. The van der Waals surface area contributed by atoms with Crippen LogP contribution in [0.5, 0.6) is 0 Å². The van der Waals surface area contributed by atoms with Gasteiger partial charge in [-0.1, -0.05) is 51.1 Å². The van der Waals surface area contributed by atoms with Crippen molar-refractivity contribution in [1.29, 1.82) is 0 Å². The number of hydrogen-bond donors (Lipinski definition) is 0. The molecule has 0 heterocycles. The van der Waals surface area contributed by atoms with Gasteiger partial charge in [0, 0.05) is 27.8 Å². The van der Waals surface area contributed by atoms with E-state index in [1.54, 1.807) is 0 Å². The van der Waals surface area contributed by atoms with Gasteiger partial charge < -0.3 is 4.90 Å². The Morgan fingerprint density at radius 2 is 1.86 bits per heavy atom. The lowest BCUT2D eigenvalue weighted by molar-refractivity contribution is 0.192. The zero-order chi connectivity index (χ0) is 15.8. The van der Waals surface area contributed by atoms with Crippen LogP contribution in [-0.4, -0.2) is 26.9 Å². The maximum atomic E-state index is 12.7. The predicted molar refractivity (Wildman–Crippen MR) is 92.3 cm³/mol. The molecule has 0 fully saturated rings. The van der Waals surface area contributed by atoms with Crippen molar-refractivity contribution in [3.8, 4) is 0 Å². The quantitative estimate of drug-likeness (QED) is 0.797. The van der Waals surface area contributed by atoms with Crippen molar-refractivity contribution in [1.82, 2.24) is 4.90 Å². The Kier molecular flexibility index (Phi) is 7.89. The van der Waals surface area contributed by atoms with E-state index in [4.69, 9.17) is 0 Å². The fourth-order valence-corrected chi connectivity index (χ4v) is 4.27. The van der Waals surface area contributed by atoms with Gasteiger partial charge in [-0.05, 0) is 24.8 Å². The van der Waals surface area contributed by atoms with Crippen molar-refractivity contribution >= 4 is 24.9 Å². The third kappa shape index (κ3) is 5.75. The molecule has 2 atom stereocenters. The van der Waals surface area contributed by atoms with Crippen LogP contribution in [-0.2, 0) is 25.4 Å². The second-order valence-corrected chi connectivity index (χ2v) is 8.69. The molecule has 118 valence electrons. The van der Waals surface area contributed by atoms with Gasteiger partial charge in [0.15, 0.2) is 0 Å². The van der Waals surface area contributed by atoms with Crippen LogP contribution in [0.15, 0.2) is 30.3 Å². The third-order valence-corrected chi connectivity index (χ3v) is 5.99. The number of rotatable bonds is 6. The van der Waals surface area contributed by atoms with Gasteiger partial charge in [0.05, 0.1) is 0 Å². The van der Waals surface area contributed by atoms with Crippen LogP contribution in [0.25, 0.3) is 0 Å². The van der Waals surface area contributed by atoms with Crippen LogP contribution in [0.2, 0.25) is 0 Å². The Morgan fingerprint density at radius 1 is 1.24 bits per heavy atom. The minimum absolute atomic E-state index is 0.00176. The summed E-state index contributed by atoms with van der Waals surface area (Å²) < 4.78 is 11.5. The molecule has 0 saturated carbocycles. The fraction of sp³-hybridized carbons (Fsp3) is 0.562. The molecule has 0 aliphatic heterocycles. The molecule has 3 nitrogen and oxygen atoms in total. The van der Waals surface area contributed by atoms with Crippen molar-refractivity contribution in [2.75, 3.05) is 6.54 Å². The standard InChI is InChI=1S/C16H25NO2S2/c1-5-14(4)17(11-13(2)3)16(18)21(20-19)12-15-9-7-6-8-10-15/h6-10,13-14H,5,11-12H2,1-4H3. The van der Waals surface area contributed by atoms with Crippen LogP contribution >= 0.6 is 0 Å². The molecule has 0 radical (unpaired) electrons. The topological polar surface area (TPSA) is 37.4 Å². The van der Waals surface area contributed by atoms with Crippen LogP contribution in [0, 0.1) is 5.92 Å². The second kappa shape index (κ2) is 9.15. The highest BCUT2D eigenvalue weighted by Crippen LogP contribution is 2.14. The van der Waals surface area contributed by atoms with Crippen LogP contribution < -0.4 is 0 Å². The number of amides is 1. The molecule has 0 bridgehead atoms. The number of carbonyl (C=O) groups is 1. The first kappa shape index (κ1) is 18.1. The molecule has 0 aliphatic rings. The first-order valence-electron chi connectivity index (χ1n) is 7.35. The number of hydrogen-bond acceptors (Lipinski definition) is 2. The van der Waals surface area contributed by atoms with E-state index in [-0.39, 0.29) is 11.3 Å². The first-order valence-corrected chi connectivity index (χ1v) is 10.0. The summed E-state index contributed by atoms with van der Waals surface area (Å²) in [6, 6.07) is 9.95. The molecule has 0 N–H and O–H groups in total. The summed E-state index contributed by atoms with van der Waals surface area (Å²) in [5, 5.41) is 0.00176. The summed E-state index contributed by atoms with van der Waals surface area (Å²) in [5.41, 5.74) is 1.05. The smallest absolute Gasteiger partial charge is 0.288 e. The monoisotopic (exact) mass is 327 g/mol. The average Bonchev–Trinajstić information content (AvgIpc) is 2.49. The van der Waals surface area contributed by atoms with E-state index in [9.17, 15) is 9.00 Å². The lowest BCUT2D eigenvalue weighted by Gasteiger charge is -2.30. The van der Waals surface area contributed by atoms with Crippen molar-refractivity contribution < 1.29 is 9.00 Å². The first-order chi connectivity index (χ1) is 9.99. The molecule has 2 unspecified atom stereocenters. The summed E-state index contributed by atoms with van der Waals surface area (Å²) in [4.78, 5) is 14.6. The number of carbonyl (C=O) groups excluding carboxylic acids is 1. The normalized spacial score (nSPS) is 13.8. The summed E-state index contributed by atoms with van der Waals surface area (Å²) >= 11 is 0. The number of benzene rings is 1. The van der Waals surface area contributed by atoms with Crippen LogP contribution in [0.3, 0.4) is 0 Å². The molecular weight excluding hydrogens is 302 g/mol. The van der Waals surface area contributed by atoms with E-state index in [1.807, 2.05) is 35.2 Å². The molecule has 5 heteroatoms. The van der Waals surface area contributed by atoms with Gasteiger partial charge in [-0.3, -0.25) is 4.79 Å². The highest BCUT2D eigenvalue weighted by atomic mass is 32.8. The zero-order valence-electron chi connectivity index (χ0n) is 13.2. The molecule has 0 aliphatic carbocycles. The molecule has 1 rings (SSSR count). The van der Waals surface area contributed by atoms with Gasteiger partial charge in [-0.2, -0.15) is 0 Å². The van der Waals surface area contributed by atoms with E-state index >= 15 is 0 Å². The minimum Gasteiger partial charge on any atom is -0.330 e. The third-order valence-electron chi connectivity index (χ3n) is 3.34. The van der Waals surface area contributed by atoms with E-state index in [1.165, 1.54) is 0 Å². The molecule has 0 saturated heterocycles. The Hall–Kier alpha value is -0.940. The van der Waals surface area contributed by atoms with Gasteiger partial charge in [-0.15, -0.1) is 0 Å². The van der Waals surface area contributed by atoms with Gasteiger partial charge in [0.2, 0.25) is 0 Å². The predicted octanol–water partition coefficient (Wildman–Crippen LogP) is 3.81. The van der Waals surface area contributed by atoms with Gasteiger partial charge >= 0.3 is 0 Å². The van der Waals surface area contributed by atoms with Crippen LogP contribution in [0.1, 0.15) is 39.7 Å². The zero-order valence-corrected chi connectivity index (χ0v) is 14.9. The van der Waals surface area contributed by atoms with E-state index < -0.39 is 9.45 Å². The van der Waals surface area contributed by atoms with Crippen LogP contribution in [0.4, 0.5) is 4.79 Å². The van der Waals surface area contributed by atoms with E-state index in [0.29, 0.717) is 28.4 Å². The lowest BCUT2D eigenvalue weighted by Crippen LogP contribution is -2.41. The maximum absolute atomic E-state index is 12.7. The summed E-state index contributed by atoms with van der Waals surface area (Å²) in [7, 11) is -0.405. The Labute approximate surface area is 133 Å². The Bertz CT molecular complexity index is 510. The highest BCUT2D eigenvalue weighted by molar-refractivity contribution is 8.38. The van der Waals surface area contributed by atoms with Crippen molar-refractivity contribution in [2.24, 2.45) is 5.92 Å². The van der Waals surface area contributed by atoms with Crippen molar-refractivity contribution in [2.45, 2.75) is 45.9 Å². The summed E-state index contributed by atoms with van der Waals surface area (Å²) in [6.45, 7) is 9.04. The van der Waals surface area contributed by atoms with Gasteiger partial charge in [0.1, 0.15) is 10.2 Å². The molecule has 0 aromatic heterocycles. The van der Waals surface area contributed by atoms with E-state index in [0.717, 1.165) is 12.0 Å². The Morgan fingerprint density at radius 3 is 2.33 bits per heavy atom. The van der Waals surface area contributed by atoms with Gasteiger partial charge in [-0.25, -0.2) is 4.21 Å². The maximum Gasteiger partial charge on any atom is 0.288 e. The average molecular weight is 328 g/mol. The van der Waals surface area contributed by atoms with Gasteiger partial charge in [0.25, 0.3) is 5.24 Å². The van der Waals surface area contributed by atoms with Crippen molar-refractivity contribution in [3.63, 3.8) is 0 Å². The Balaban J connectivity index is 2.92. The summed E-state index contributed by atoms with van der Waals surface area (Å²) in [6.07, 6.45) is 0.907. The minimum atomic E-state index is -0.848. The van der Waals surface area contributed by atoms with Crippen molar-refractivity contribution in [3.05, 3.63) is 35.9 Å². The molecular formula is C16H25NO2S2. The number of nitrogens with zero attached hydrogens (tertiary/aromatic N) is 1. The highest BCUT2D eigenvalue weighted by Gasteiger charge is 2.23. The molecule has 21 heavy (non-hydrogen) atoms. The summed E-state index contributed by atoms with van der Waals surface area (Å²) in [5.74, 6) is 0.931. The molecule has 1 amide bonds. The van der Waals surface area contributed by atoms with E-state index in [2.05, 4.69) is 27.7 Å². The molecule has 1 aromatic rings. The SMILES string of the molecule is CCC(C)N(CC(C)C)C(=O)S(Cc1ccccc1)=S=O. The lowest BCUT2D eigenvalue weighted by atomic mass is 10.1. The largest absolute Gasteiger partial charge is 0.330 e. The molecule has 0 spiro atoms. The second-order valence-electron chi connectivity index (χ2n) is 5.61. The molecule has 1 aromatic carbocycles.